The highest BCUT2D eigenvalue weighted by atomic mass is 19.1. The van der Waals surface area contributed by atoms with E-state index in [4.69, 9.17) is 0 Å². The van der Waals surface area contributed by atoms with Gasteiger partial charge >= 0.3 is 6.03 Å². The standard InChI is InChI=1S/C18H24FN5O2/c1-14-4-5-15(12-16(14)19)17(25)21-7-8-23-18(26)22-6-2-3-10-24-11-9-20-13-24/h4-5,9,11-13H,2-3,6-8,10H2,1H3,(H,21,25)(H2,22,23,26). The summed E-state index contributed by atoms with van der Waals surface area (Å²) in [6.45, 7) is 3.64. The molecule has 3 amide bonds. The maximum atomic E-state index is 13.4. The average molecular weight is 361 g/mol. The number of nitrogens with one attached hydrogen (secondary N) is 3. The number of carbonyl (C=O) groups excluding carboxylic acids is 2. The SMILES string of the molecule is Cc1ccc(C(=O)NCCNC(=O)NCCCCn2ccnc2)cc1F. The van der Waals surface area contributed by atoms with Gasteiger partial charge in [0.1, 0.15) is 5.82 Å². The molecule has 2 aromatic rings. The van der Waals surface area contributed by atoms with Gasteiger partial charge in [-0.15, -0.1) is 0 Å². The molecule has 0 aliphatic heterocycles. The molecule has 26 heavy (non-hydrogen) atoms. The summed E-state index contributed by atoms with van der Waals surface area (Å²) in [5.74, 6) is -0.784. The molecule has 0 unspecified atom stereocenters. The van der Waals surface area contributed by atoms with E-state index in [0.717, 1.165) is 19.4 Å². The number of amides is 3. The number of hydrogen-bond donors (Lipinski definition) is 3. The van der Waals surface area contributed by atoms with Gasteiger partial charge in [0, 0.05) is 44.1 Å². The van der Waals surface area contributed by atoms with Gasteiger partial charge in [-0.3, -0.25) is 4.79 Å². The molecule has 2 rings (SSSR count). The number of carbonyl (C=O) groups is 2. The van der Waals surface area contributed by atoms with Crippen LogP contribution in [0.2, 0.25) is 0 Å². The molecule has 0 spiro atoms. The van der Waals surface area contributed by atoms with Gasteiger partial charge in [0.25, 0.3) is 5.91 Å². The Labute approximate surface area is 152 Å². The van der Waals surface area contributed by atoms with Crippen molar-refractivity contribution in [2.45, 2.75) is 26.3 Å². The summed E-state index contributed by atoms with van der Waals surface area (Å²) < 4.78 is 15.4. The van der Waals surface area contributed by atoms with Gasteiger partial charge in [0.05, 0.1) is 6.33 Å². The molecule has 0 atom stereocenters. The van der Waals surface area contributed by atoms with E-state index in [-0.39, 0.29) is 24.0 Å². The van der Waals surface area contributed by atoms with Gasteiger partial charge in [-0.05, 0) is 37.5 Å². The Bertz CT molecular complexity index is 718. The van der Waals surface area contributed by atoms with E-state index < -0.39 is 5.82 Å². The number of benzene rings is 1. The molecule has 0 radical (unpaired) electrons. The summed E-state index contributed by atoms with van der Waals surface area (Å²) >= 11 is 0. The van der Waals surface area contributed by atoms with Crippen LogP contribution in [-0.2, 0) is 6.54 Å². The fourth-order valence-electron chi connectivity index (χ4n) is 2.29. The third kappa shape index (κ3) is 6.54. The molecule has 0 aliphatic carbocycles. The lowest BCUT2D eigenvalue weighted by Crippen LogP contribution is -2.40. The first kappa shape index (κ1) is 19.4. The van der Waals surface area contributed by atoms with Crippen LogP contribution >= 0.6 is 0 Å². The minimum absolute atomic E-state index is 0.260. The normalized spacial score (nSPS) is 10.4. The number of imidazole rings is 1. The van der Waals surface area contributed by atoms with Crippen molar-refractivity contribution in [3.05, 3.63) is 53.9 Å². The minimum Gasteiger partial charge on any atom is -0.350 e. The van der Waals surface area contributed by atoms with Crippen LogP contribution in [0.25, 0.3) is 0 Å². The molecule has 0 aliphatic rings. The molecule has 0 saturated heterocycles. The van der Waals surface area contributed by atoms with E-state index >= 15 is 0 Å². The molecular weight excluding hydrogens is 337 g/mol. The van der Waals surface area contributed by atoms with Gasteiger partial charge in [-0.2, -0.15) is 0 Å². The number of hydrogen-bond acceptors (Lipinski definition) is 3. The smallest absolute Gasteiger partial charge is 0.314 e. The van der Waals surface area contributed by atoms with Gasteiger partial charge in [-0.25, -0.2) is 14.2 Å². The van der Waals surface area contributed by atoms with Crippen LogP contribution < -0.4 is 16.0 Å². The maximum absolute atomic E-state index is 13.4. The summed E-state index contributed by atoms with van der Waals surface area (Å²) in [6, 6.07) is 4.05. The number of aromatic nitrogens is 2. The van der Waals surface area contributed by atoms with Gasteiger partial charge in [0.15, 0.2) is 0 Å². The molecule has 0 fully saturated rings. The van der Waals surface area contributed by atoms with Gasteiger partial charge in [-0.1, -0.05) is 6.07 Å². The third-order valence-electron chi connectivity index (χ3n) is 3.82. The average Bonchev–Trinajstić information content (AvgIpc) is 3.14. The number of unbranched alkanes of at least 4 members (excludes halogenated alkanes) is 1. The van der Waals surface area contributed by atoms with Crippen LogP contribution in [0.1, 0.15) is 28.8 Å². The van der Waals surface area contributed by atoms with Crippen LogP contribution in [0.5, 0.6) is 0 Å². The second kappa shape index (κ2) is 10.2. The van der Waals surface area contributed by atoms with Crippen LogP contribution in [0, 0.1) is 12.7 Å². The molecule has 1 aromatic carbocycles. The van der Waals surface area contributed by atoms with Crippen molar-refractivity contribution in [2.24, 2.45) is 0 Å². The number of aryl methyl sites for hydroxylation is 2. The molecule has 8 heteroatoms. The van der Waals surface area contributed by atoms with Crippen molar-refractivity contribution >= 4 is 11.9 Å². The highest BCUT2D eigenvalue weighted by molar-refractivity contribution is 5.94. The predicted octanol–water partition coefficient (Wildman–Crippen LogP) is 1.84. The van der Waals surface area contributed by atoms with Crippen LogP contribution in [0.4, 0.5) is 9.18 Å². The quantitative estimate of drug-likeness (QED) is 0.596. The minimum atomic E-state index is -0.414. The Balaban J connectivity index is 1.52. The Morgan fingerprint density at radius 3 is 2.62 bits per heavy atom. The zero-order valence-electron chi connectivity index (χ0n) is 14.8. The van der Waals surface area contributed by atoms with E-state index in [1.54, 1.807) is 31.6 Å². The van der Waals surface area contributed by atoms with E-state index in [9.17, 15) is 14.0 Å². The molecule has 1 heterocycles. The zero-order valence-corrected chi connectivity index (χ0v) is 14.8. The molecule has 3 N–H and O–H groups in total. The lowest BCUT2D eigenvalue weighted by molar-refractivity contribution is 0.0953. The van der Waals surface area contributed by atoms with Crippen LogP contribution in [-0.4, -0.2) is 41.1 Å². The Morgan fingerprint density at radius 2 is 1.88 bits per heavy atom. The molecule has 1 aromatic heterocycles. The van der Waals surface area contributed by atoms with Crippen LogP contribution in [0.15, 0.2) is 36.9 Å². The lowest BCUT2D eigenvalue weighted by atomic mass is 10.1. The van der Waals surface area contributed by atoms with Gasteiger partial charge < -0.3 is 20.5 Å². The molecule has 140 valence electrons. The molecule has 0 bridgehead atoms. The molecule has 0 saturated carbocycles. The Hall–Kier alpha value is -2.90. The van der Waals surface area contributed by atoms with Gasteiger partial charge in [0.2, 0.25) is 0 Å². The van der Waals surface area contributed by atoms with Crippen LogP contribution in [0.3, 0.4) is 0 Å². The summed E-state index contributed by atoms with van der Waals surface area (Å²) in [7, 11) is 0. The first-order chi connectivity index (χ1) is 12.6. The second-order valence-corrected chi connectivity index (χ2v) is 5.91. The predicted molar refractivity (Wildman–Crippen MR) is 96.3 cm³/mol. The summed E-state index contributed by atoms with van der Waals surface area (Å²) in [6.07, 6.45) is 7.21. The largest absolute Gasteiger partial charge is 0.350 e. The maximum Gasteiger partial charge on any atom is 0.314 e. The molecule has 7 nitrogen and oxygen atoms in total. The monoisotopic (exact) mass is 361 g/mol. The van der Waals surface area contributed by atoms with E-state index in [0.29, 0.717) is 18.7 Å². The summed E-state index contributed by atoms with van der Waals surface area (Å²) in [4.78, 5) is 27.5. The first-order valence-electron chi connectivity index (χ1n) is 8.58. The topological polar surface area (TPSA) is 88.0 Å². The number of urea groups is 1. The highest BCUT2D eigenvalue weighted by Gasteiger charge is 2.07. The fraction of sp³-hybridized carbons (Fsp3) is 0.389. The second-order valence-electron chi connectivity index (χ2n) is 5.91. The van der Waals surface area contributed by atoms with Crippen molar-refractivity contribution in [3.8, 4) is 0 Å². The van der Waals surface area contributed by atoms with E-state index in [2.05, 4.69) is 20.9 Å². The molecular formula is C18H24FN5O2. The first-order valence-corrected chi connectivity index (χ1v) is 8.58. The van der Waals surface area contributed by atoms with E-state index in [1.165, 1.54) is 6.07 Å². The number of halogens is 1. The lowest BCUT2D eigenvalue weighted by Gasteiger charge is -2.09. The third-order valence-corrected chi connectivity index (χ3v) is 3.82. The number of nitrogens with zero attached hydrogens (tertiary/aromatic N) is 2. The zero-order chi connectivity index (χ0) is 18.8. The highest BCUT2D eigenvalue weighted by Crippen LogP contribution is 2.08. The van der Waals surface area contributed by atoms with Crippen molar-refractivity contribution in [2.75, 3.05) is 19.6 Å². The Kier molecular flexibility index (Phi) is 7.60. The van der Waals surface area contributed by atoms with Crippen molar-refractivity contribution in [3.63, 3.8) is 0 Å². The number of rotatable bonds is 9. The van der Waals surface area contributed by atoms with Crippen molar-refractivity contribution in [1.29, 1.82) is 0 Å². The van der Waals surface area contributed by atoms with E-state index in [1.807, 2.05) is 10.8 Å². The summed E-state index contributed by atoms with van der Waals surface area (Å²) in [5.41, 5.74) is 0.750. The van der Waals surface area contributed by atoms with Crippen molar-refractivity contribution < 1.29 is 14.0 Å². The summed E-state index contributed by atoms with van der Waals surface area (Å²) in [5, 5.41) is 8.06. The van der Waals surface area contributed by atoms with Crippen molar-refractivity contribution in [1.82, 2.24) is 25.5 Å². The fourth-order valence-corrected chi connectivity index (χ4v) is 2.29. The Morgan fingerprint density at radius 1 is 1.12 bits per heavy atom.